The Hall–Kier alpha value is -3.56. The van der Waals surface area contributed by atoms with Gasteiger partial charge in [0.05, 0.1) is 24.4 Å². The summed E-state index contributed by atoms with van der Waals surface area (Å²) in [7, 11) is 1.45. The Bertz CT molecular complexity index is 1040. The highest BCUT2D eigenvalue weighted by Crippen LogP contribution is 2.32. The fraction of sp³-hybridized carbons (Fsp3) is 0.286. The number of hydrogen-bond donors (Lipinski definition) is 1. The van der Waals surface area contributed by atoms with Gasteiger partial charge < -0.3 is 15.0 Å². The topological polar surface area (TPSA) is 79.0 Å². The molecule has 4 amide bonds. The van der Waals surface area contributed by atoms with E-state index in [2.05, 4.69) is 5.32 Å². The van der Waals surface area contributed by atoms with Crippen LogP contribution in [0, 0.1) is 0 Å². The van der Waals surface area contributed by atoms with Crippen LogP contribution in [0.3, 0.4) is 0 Å². The molecule has 0 aromatic heterocycles. The number of imide groups is 1. The van der Waals surface area contributed by atoms with Gasteiger partial charge in [-0.05, 0) is 42.8 Å². The molecule has 2 fully saturated rings. The molecule has 31 heavy (non-hydrogen) atoms. The largest absolute Gasteiger partial charge is 0.497 e. The summed E-state index contributed by atoms with van der Waals surface area (Å²) in [5.74, 6) is -0.708. The highest BCUT2D eigenvalue weighted by molar-refractivity contribution is 6.19. The first-order chi connectivity index (χ1) is 14.7. The van der Waals surface area contributed by atoms with Crippen LogP contribution < -0.4 is 15.0 Å². The molecule has 162 valence electrons. The van der Waals surface area contributed by atoms with Crippen LogP contribution in [-0.2, 0) is 11.0 Å². The van der Waals surface area contributed by atoms with Gasteiger partial charge >= 0.3 is 12.2 Å². The van der Waals surface area contributed by atoms with Crippen molar-refractivity contribution in [3.63, 3.8) is 0 Å². The number of anilines is 1. The lowest BCUT2D eigenvalue weighted by Crippen LogP contribution is -2.65. The van der Waals surface area contributed by atoms with Crippen LogP contribution in [0.4, 0.5) is 23.7 Å². The molecule has 0 bridgehead atoms. The van der Waals surface area contributed by atoms with Crippen LogP contribution in [-0.4, -0.2) is 48.5 Å². The lowest BCUT2D eigenvalue weighted by atomic mass is 10.0. The molecule has 1 N–H and O–H groups in total. The third kappa shape index (κ3) is 3.69. The van der Waals surface area contributed by atoms with Gasteiger partial charge in [-0.25, -0.2) is 9.69 Å². The summed E-state index contributed by atoms with van der Waals surface area (Å²) in [6, 6.07) is 8.07. The summed E-state index contributed by atoms with van der Waals surface area (Å²) in [6.45, 7) is 0.188. The maximum Gasteiger partial charge on any atom is 0.416 e. The highest BCUT2D eigenvalue weighted by Gasteiger charge is 2.50. The van der Waals surface area contributed by atoms with Crippen molar-refractivity contribution in [3.8, 4) is 5.75 Å². The van der Waals surface area contributed by atoms with Crippen molar-refractivity contribution < 1.29 is 32.3 Å². The molecule has 2 aromatic rings. The van der Waals surface area contributed by atoms with Gasteiger partial charge in [-0.3, -0.25) is 9.59 Å². The average Bonchev–Trinajstić information content (AvgIpc) is 3.17. The molecule has 2 unspecified atom stereocenters. The summed E-state index contributed by atoms with van der Waals surface area (Å²) in [5, 5.41) is 2.74. The van der Waals surface area contributed by atoms with Gasteiger partial charge in [0.1, 0.15) is 11.8 Å². The number of carbonyl (C=O) groups is 3. The van der Waals surface area contributed by atoms with Gasteiger partial charge in [0, 0.05) is 18.2 Å². The van der Waals surface area contributed by atoms with Crippen LogP contribution in [0.15, 0.2) is 48.5 Å². The van der Waals surface area contributed by atoms with Crippen LogP contribution in [0.1, 0.15) is 22.3 Å². The van der Waals surface area contributed by atoms with E-state index in [0.717, 1.165) is 29.2 Å². The third-order valence-corrected chi connectivity index (χ3v) is 5.41. The Morgan fingerprint density at radius 3 is 2.48 bits per heavy atom. The van der Waals surface area contributed by atoms with E-state index in [4.69, 9.17) is 4.74 Å². The molecular formula is C21H18F3N3O4. The van der Waals surface area contributed by atoms with Crippen molar-refractivity contribution in [1.29, 1.82) is 0 Å². The van der Waals surface area contributed by atoms with Crippen LogP contribution in [0.2, 0.25) is 0 Å². The smallest absolute Gasteiger partial charge is 0.416 e. The predicted octanol–water partition coefficient (Wildman–Crippen LogP) is 3.05. The predicted molar refractivity (Wildman–Crippen MR) is 104 cm³/mol. The Kier molecular flexibility index (Phi) is 5.08. The van der Waals surface area contributed by atoms with Crippen LogP contribution in [0.25, 0.3) is 0 Å². The molecule has 2 aromatic carbocycles. The van der Waals surface area contributed by atoms with E-state index in [9.17, 15) is 27.6 Å². The van der Waals surface area contributed by atoms with Crippen molar-refractivity contribution >= 4 is 23.5 Å². The first kappa shape index (κ1) is 20.7. The molecule has 0 saturated carbocycles. The number of hydrogen-bond acceptors (Lipinski definition) is 4. The number of benzene rings is 2. The first-order valence-corrected chi connectivity index (χ1v) is 9.47. The van der Waals surface area contributed by atoms with Gasteiger partial charge in [0.2, 0.25) is 0 Å². The number of rotatable bonds is 3. The number of likely N-dealkylation sites (tertiary alicyclic amines) is 1. The normalized spacial score (nSPS) is 21.0. The number of methoxy groups -OCH3 is 1. The molecule has 4 rings (SSSR count). The minimum Gasteiger partial charge on any atom is -0.497 e. The van der Waals surface area contributed by atoms with Gasteiger partial charge in [0.25, 0.3) is 11.8 Å². The standard InChI is InChI=1S/C21H18F3N3O4/c1-31-15-4-2-3-14(11-15)27-19(29)17-16(25-20(27)30)9-10-26(17)18(28)12-5-7-13(8-6-12)21(22,23)24/h2-8,11,16-17H,9-10H2,1H3,(H,25,30). The molecule has 2 aliphatic rings. The van der Waals surface area contributed by atoms with E-state index < -0.39 is 41.7 Å². The van der Waals surface area contributed by atoms with Crippen LogP contribution >= 0.6 is 0 Å². The maximum absolute atomic E-state index is 13.2. The molecule has 0 spiro atoms. The molecule has 2 atom stereocenters. The zero-order valence-corrected chi connectivity index (χ0v) is 16.3. The first-order valence-electron chi connectivity index (χ1n) is 9.47. The summed E-state index contributed by atoms with van der Waals surface area (Å²) in [5.41, 5.74) is -0.547. The summed E-state index contributed by atoms with van der Waals surface area (Å²) < 4.78 is 43.5. The number of amides is 4. The van der Waals surface area contributed by atoms with E-state index >= 15 is 0 Å². The number of urea groups is 1. The number of halogens is 3. The lowest BCUT2D eigenvalue weighted by molar-refractivity contribution is -0.137. The van der Waals surface area contributed by atoms with E-state index in [1.807, 2.05) is 0 Å². The fourth-order valence-corrected chi connectivity index (χ4v) is 3.89. The van der Waals surface area contributed by atoms with Crippen molar-refractivity contribution in [2.45, 2.75) is 24.7 Å². The Morgan fingerprint density at radius 2 is 1.84 bits per heavy atom. The SMILES string of the molecule is COc1cccc(N2C(=O)NC3CCN(C(=O)c4ccc(C(F)(F)F)cc4)C3C2=O)c1. The molecule has 2 aliphatic heterocycles. The average molecular weight is 433 g/mol. The van der Waals surface area contributed by atoms with E-state index in [1.54, 1.807) is 18.2 Å². The van der Waals surface area contributed by atoms with Gasteiger partial charge in [-0.2, -0.15) is 13.2 Å². The van der Waals surface area contributed by atoms with Gasteiger partial charge in [-0.1, -0.05) is 6.07 Å². The van der Waals surface area contributed by atoms with Crippen molar-refractivity contribution in [3.05, 3.63) is 59.7 Å². The van der Waals surface area contributed by atoms with Gasteiger partial charge in [-0.15, -0.1) is 0 Å². The van der Waals surface area contributed by atoms with Crippen molar-refractivity contribution in [2.24, 2.45) is 0 Å². The number of ether oxygens (including phenoxy) is 1. The summed E-state index contributed by atoms with van der Waals surface area (Å²) in [6.07, 6.45) is -4.15. The summed E-state index contributed by atoms with van der Waals surface area (Å²) >= 11 is 0. The maximum atomic E-state index is 13.2. The molecule has 10 heteroatoms. The molecule has 0 radical (unpaired) electrons. The molecule has 2 heterocycles. The van der Waals surface area contributed by atoms with E-state index in [0.29, 0.717) is 12.2 Å². The number of carbonyl (C=O) groups excluding carboxylic acids is 3. The zero-order chi connectivity index (χ0) is 22.3. The van der Waals surface area contributed by atoms with E-state index in [1.165, 1.54) is 18.1 Å². The zero-order valence-electron chi connectivity index (χ0n) is 16.3. The molecular weight excluding hydrogens is 415 g/mol. The highest BCUT2D eigenvalue weighted by atomic mass is 19.4. The van der Waals surface area contributed by atoms with Crippen molar-refractivity contribution in [2.75, 3.05) is 18.6 Å². The molecule has 2 saturated heterocycles. The molecule has 0 aliphatic carbocycles. The van der Waals surface area contributed by atoms with Crippen molar-refractivity contribution in [1.82, 2.24) is 10.2 Å². The quantitative estimate of drug-likeness (QED) is 0.807. The number of nitrogens with one attached hydrogen (secondary N) is 1. The Morgan fingerprint density at radius 1 is 1.13 bits per heavy atom. The summed E-state index contributed by atoms with van der Waals surface area (Å²) in [4.78, 5) is 41.0. The number of nitrogens with zero attached hydrogens (tertiary/aromatic N) is 2. The minimum atomic E-state index is -4.51. The third-order valence-electron chi connectivity index (χ3n) is 5.41. The molecule has 7 nitrogen and oxygen atoms in total. The number of alkyl halides is 3. The Balaban J connectivity index is 1.61. The minimum absolute atomic E-state index is 0.0336. The monoisotopic (exact) mass is 433 g/mol. The Labute approximate surface area is 175 Å². The van der Waals surface area contributed by atoms with Crippen LogP contribution in [0.5, 0.6) is 5.75 Å². The second kappa shape index (κ2) is 7.60. The van der Waals surface area contributed by atoms with E-state index in [-0.39, 0.29) is 17.8 Å². The second-order valence-corrected chi connectivity index (χ2v) is 7.24. The van der Waals surface area contributed by atoms with Gasteiger partial charge in [0.15, 0.2) is 0 Å². The fourth-order valence-electron chi connectivity index (χ4n) is 3.89. The second-order valence-electron chi connectivity index (χ2n) is 7.24. The number of fused-ring (bicyclic) bond motifs is 1. The lowest BCUT2D eigenvalue weighted by Gasteiger charge is -2.37.